The zero-order chi connectivity index (χ0) is 36.6. The topological polar surface area (TPSA) is 42.0 Å². The quantitative estimate of drug-likeness (QED) is 0.0466. The maximum absolute atomic E-state index is 12.7. The van der Waals surface area contributed by atoms with Gasteiger partial charge in [-0.1, -0.05) is 162 Å². The van der Waals surface area contributed by atoms with E-state index in [1.165, 1.54) is 193 Å². The molecule has 0 rings (SSSR count). The predicted molar refractivity (Wildman–Crippen MR) is 220 cm³/mol. The van der Waals surface area contributed by atoms with Crippen molar-refractivity contribution in [1.82, 2.24) is 9.80 Å². The fourth-order valence-corrected chi connectivity index (χ4v) is 6.96. The summed E-state index contributed by atoms with van der Waals surface area (Å²) < 4.78 is 11.9. The summed E-state index contributed by atoms with van der Waals surface area (Å²) in [6.45, 7) is 13.5. The Bertz CT molecular complexity index is 642. The molecular formula is C45H92N2O3. The van der Waals surface area contributed by atoms with E-state index in [-0.39, 0.29) is 12.1 Å². The fourth-order valence-electron chi connectivity index (χ4n) is 6.96. The van der Waals surface area contributed by atoms with E-state index in [1.807, 2.05) is 0 Å². The van der Waals surface area contributed by atoms with E-state index in [1.54, 1.807) is 0 Å². The molecule has 0 saturated heterocycles. The summed E-state index contributed by atoms with van der Waals surface area (Å²) in [4.78, 5) is 17.7. The summed E-state index contributed by atoms with van der Waals surface area (Å²) in [5.41, 5.74) is 0. The van der Waals surface area contributed by atoms with Crippen molar-refractivity contribution in [1.29, 1.82) is 0 Å². The summed E-state index contributed by atoms with van der Waals surface area (Å²) in [6, 6.07) is 0. The molecule has 0 radical (unpaired) electrons. The van der Waals surface area contributed by atoms with Crippen LogP contribution in [0, 0.1) is 0 Å². The molecule has 0 spiro atoms. The molecule has 0 aromatic rings. The second-order valence-corrected chi connectivity index (χ2v) is 15.9. The van der Waals surface area contributed by atoms with E-state index < -0.39 is 0 Å². The Morgan fingerprint density at radius 3 is 1.26 bits per heavy atom. The molecule has 0 heterocycles. The first-order valence-corrected chi connectivity index (χ1v) is 22.7. The minimum absolute atomic E-state index is 0.0536. The molecule has 0 aromatic carbocycles. The van der Waals surface area contributed by atoms with E-state index in [4.69, 9.17) is 9.47 Å². The molecule has 0 bridgehead atoms. The summed E-state index contributed by atoms with van der Waals surface area (Å²) in [5.74, 6) is 0.0536. The molecule has 0 aliphatic heterocycles. The van der Waals surface area contributed by atoms with Crippen LogP contribution in [0.25, 0.3) is 0 Å². The monoisotopic (exact) mass is 709 g/mol. The van der Waals surface area contributed by atoms with Crippen LogP contribution < -0.4 is 0 Å². The van der Waals surface area contributed by atoms with Gasteiger partial charge in [-0.3, -0.25) is 4.79 Å². The van der Waals surface area contributed by atoms with Crippen LogP contribution in [-0.2, 0) is 14.3 Å². The molecule has 0 aliphatic carbocycles. The summed E-state index contributed by atoms with van der Waals surface area (Å²) in [7, 11) is 4.37. The highest BCUT2D eigenvalue weighted by Gasteiger charge is 2.14. The van der Waals surface area contributed by atoms with Gasteiger partial charge in [-0.25, -0.2) is 0 Å². The SMILES string of the molecule is CCCCCCCCCOCCCCCCCN(CCCCCCCC(=O)OC(CCCCCCCC)CCCCCCCC)CCN(C)C. The van der Waals surface area contributed by atoms with Gasteiger partial charge in [0.25, 0.3) is 0 Å². The molecule has 0 atom stereocenters. The number of rotatable bonds is 42. The number of likely N-dealkylation sites (N-methyl/N-ethyl adjacent to an activating group) is 1. The van der Waals surface area contributed by atoms with Gasteiger partial charge in [0.05, 0.1) is 0 Å². The van der Waals surface area contributed by atoms with Crippen LogP contribution in [0.15, 0.2) is 0 Å². The highest BCUT2D eigenvalue weighted by atomic mass is 16.5. The maximum Gasteiger partial charge on any atom is 0.306 e. The molecule has 0 fully saturated rings. The van der Waals surface area contributed by atoms with Crippen LogP contribution in [0.3, 0.4) is 0 Å². The van der Waals surface area contributed by atoms with E-state index in [0.717, 1.165) is 45.4 Å². The molecule has 0 N–H and O–H groups in total. The number of hydrogen-bond acceptors (Lipinski definition) is 5. The Labute approximate surface area is 315 Å². The number of esters is 1. The normalized spacial score (nSPS) is 11.8. The standard InChI is InChI=1S/C45H92N2O3/c1-6-9-12-15-18-26-33-42-49-43-34-27-20-25-32-39-47(41-40-46(4)5)38-31-24-19-23-30-37-45(48)50-44(35-28-21-16-13-10-7-2)36-29-22-17-14-11-8-3/h44H,6-43H2,1-5H3. The van der Waals surface area contributed by atoms with Crippen LogP contribution in [0.1, 0.15) is 226 Å². The van der Waals surface area contributed by atoms with Gasteiger partial charge in [0.1, 0.15) is 6.10 Å². The number of carbonyl (C=O) groups excluding carboxylic acids is 1. The zero-order valence-corrected chi connectivity index (χ0v) is 35.1. The zero-order valence-electron chi connectivity index (χ0n) is 35.1. The van der Waals surface area contributed by atoms with Crippen molar-refractivity contribution < 1.29 is 14.3 Å². The van der Waals surface area contributed by atoms with Crippen molar-refractivity contribution in [3.8, 4) is 0 Å². The Balaban J connectivity index is 4.05. The molecule has 5 heteroatoms. The fraction of sp³-hybridized carbons (Fsp3) is 0.978. The number of carbonyl (C=O) groups is 1. The lowest BCUT2D eigenvalue weighted by Crippen LogP contribution is -2.33. The molecule has 0 aromatic heterocycles. The molecule has 0 saturated carbocycles. The average Bonchev–Trinajstić information content (AvgIpc) is 3.10. The van der Waals surface area contributed by atoms with Gasteiger partial charge in [-0.2, -0.15) is 0 Å². The summed E-state index contributed by atoms with van der Waals surface area (Å²) in [5, 5.41) is 0. The molecule has 0 amide bonds. The van der Waals surface area contributed by atoms with Gasteiger partial charge in [0, 0.05) is 32.7 Å². The maximum atomic E-state index is 12.7. The molecule has 5 nitrogen and oxygen atoms in total. The number of unbranched alkanes of at least 4 members (excludes halogenated alkanes) is 24. The lowest BCUT2D eigenvalue weighted by molar-refractivity contribution is -0.150. The predicted octanol–water partition coefficient (Wildman–Crippen LogP) is 13.3. The summed E-state index contributed by atoms with van der Waals surface area (Å²) >= 11 is 0. The van der Waals surface area contributed by atoms with Crippen molar-refractivity contribution in [3.05, 3.63) is 0 Å². The minimum atomic E-state index is 0.0536. The van der Waals surface area contributed by atoms with Crippen molar-refractivity contribution >= 4 is 5.97 Å². The first-order chi connectivity index (χ1) is 24.5. The highest BCUT2D eigenvalue weighted by molar-refractivity contribution is 5.69. The van der Waals surface area contributed by atoms with Crippen molar-refractivity contribution in [2.24, 2.45) is 0 Å². The Morgan fingerprint density at radius 1 is 0.440 bits per heavy atom. The third-order valence-corrected chi connectivity index (χ3v) is 10.4. The van der Waals surface area contributed by atoms with Gasteiger partial charge in [-0.15, -0.1) is 0 Å². The number of nitrogens with zero attached hydrogens (tertiary/aromatic N) is 2. The molecular weight excluding hydrogens is 617 g/mol. The average molecular weight is 709 g/mol. The van der Waals surface area contributed by atoms with Gasteiger partial charge < -0.3 is 19.3 Å². The van der Waals surface area contributed by atoms with Gasteiger partial charge in [0.2, 0.25) is 0 Å². The minimum Gasteiger partial charge on any atom is -0.462 e. The van der Waals surface area contributed by atoms with Crippen LogP contribution >= 0.6 is 0 Å². The van der Waals surface area contributed by atoms with Crippen molar-refractivity contribution in [2.75, 3.05) is 53.5 Å². The smallest absolute Gasteiger partial charge is 0.306 e. The molecule has 50 heavy (non-hydrogen) atoms. The lowest BCUT2D eigenvalue weighted by Gasteiger charge is -2.24. The van der Waals surface area contributed by atoms with E-state index in [9.17, 15) is 4.79 Å². The van der Waals surface area contributed by atoms with Crippen LogP contribution in [0.4, 0.5) is 0 Å². The summed E-state index contributed by atoms with van der Waals surface area (Å²) in [6.07, 6.45) is 40.4. The second-order valence-electron chi connectivity index (χ2n) is 15.9. The lowest BCUT2D eigenvalue weighted by atomic mass is 10.0. The van der Waals surface area contributed by atoms with Crippen LogP contribution in [0.2, 0.25) is 0 Å². The van der Waals surface area contributed by atoms with Crippen LogP contribution in [0.5, 0.6) is 0 Å². The Morgan fingerprint density at radius 2 is 0.820 bits per heavy atom. The van der Waals surface area contributed by atoms with E-state index in [0.29, 0.717) is 6.42 Å². The Hall–Kier alpha value is -0.650. The largest absolute Gasteiger partial charge is 0.462 e. The highest BCUT2D eigenvalue weighted by Crippen LogP contribution is 2.18. The number of ether oxygens (including phenoxy) is 2. The van der Waals surface area contributed by atoms with Gasteiger partial charge >= 0.3 is 5.97 Å². The molecule has 0 aliphatic rings. The van der Waals surface area contributed by atoms with Gasteiger partial charge in [-0.05, 0) is 85.0 Å². The van der Waals surface area contributed by atoms with E-state index >= 15 is 0 Å². The number of hydrogen-bond donors (Lipinski definition) is 0. The Kier molecular flexibility index (Phi) is 40.6. The first-order valence-electron chi connectivity index (χ1n) is 22.7. The third kappa shape index (κ3) is 38.6. The molecule has 300 valence electrons. The van der Waals surface area contributed by atoms with Crippen LogP contribution in [-0.4, -0.2) is 75.4 Å². The second kappa shape index (κ2) is 41.1. The van der Waals surface area contributed by atoms with E-state index in [2.05, 4.69) is 44.7 Å². The third-order valence-electron chi connectivity index (χ3n) is 10.4. The van der Waals surface area contributed by atoms with Crippen molar-refractivity contribution in [2.45, 2.75) is 232 Å². The molecule has 0 unspecified atom stereocenters. The van der Waals surface area contributed by atoms with Gasteiger partial charge in [0.15, 0.2) is 0 Å². The first kappa shape index (κ1) is 49.4. The van der Waals surface area contributed by atoms with Crippen molar-refractivity contribution in [3.63, 3.8) is 0 Å².